The van der Waals surface area contributed by atoms with Crippen molar-refractivity contribution < 1.29 is 9.90 Å². The molecule has 0 saturated heterocycles. The Morgan fingerprint density at radius 1 is 1.38 bits per heavy atom. The van der Waals surface area contributed by atoms with Crippen LogP contribution >= 0.6 is 12.2 Å². The minimum absolute atomic E-state index is 0.118. The number of carbonyl (C=O) groups is 1. The number of nitrogens with zero attached hydrogens (tertiary/aromatic N) is 1. The van der Waals surface area contributed by atoms with Gasteiger partial charge in [-0.3, -0.25) is 14.2 Å². The number of rotatable bonds is 5. The highest BCUT2D eigenvalue weighted by Gasteiger charge is 2.22. The van der Waals surface area contributed by atoms with E-state index in [0.29, 0.717) is 15.7 Å². The van der Waals surface area contributed by atoms with Crippen LogP contribution in [0.5, 0.6) is 0 Å². The maximum absolute atomic E-state index is 12.5. The van der Waals surface area contributed by atoms with E-state index >= 15 is 0 Å². The van der Waals surface area contributed by atoms with Gasteiger partial charge in [0.15, 0.2) is 4.77 Å². The van der Waals surface area contributed by atoms with Gasteiger partial charge in [-0.05, 0) is 29.8 Å². The first kappa shape index (κ1) is 18.4. The number of hydrogen-bond acceptors (Lipinski definition) is 4. The van der Waals surface area contributed by atoms with E-state index in [1.54, 1.807) is 18.2 Å². The minimum Gasteiger partial charge on any atom is -0.391 e. The van der Waals surface area contributed by atoms with Crippen molar-refractivity contribution in [3.63, 3.8) is 0 Å². The quantitative estimate of drug-likeness (QED) is 0.720. The number of carbonyl (C=O) groups excluding carboxylic acids is 1. The lowest BCUT2D eigenvalue weighted by atomic mass is 9.89. The van der Waals surface area contributed by atoms with E-state index in [1.165, 1.54) is 4.57 Å². The molecule has 1 heterocycles. The number of aliphatic hydroxyl groups is 1. The van der Waals surface area contributed by atoms with Gasteiger partial charge in [0.25, 0.3) is 5.56 Å². The number of aromatic amines is 1. The van der Waals surface area contributed by atoms with Gasteiger partial charge in [-0.25, -0.2) is 0 Å². The highest BCUT2D eigenvalue weighted by molar-refractivity contribution is 7.71. The third-order valence-electron chi connectivity index (χ3n) is 3.94. The van der Waals surface area contributed by atoms with Gasteiger partial charge < -0.3 is 15.4 Å². The summed E-state index contributed by atoms with van der Waals surface area (Å²) in [4.78, 5) is 27.4. The summed E-state index contributed by atoms with van der Waals surface area (Å²) in [6, 6.07) is 7.12. The van der Waals surface area contributed by atoms with Crippen LogP contribution in [0.2, 0.25) is 0 Å². The molecule has 2 rings (SSSR count). The molecule has 1 atom stereocenters. The summed E-state index contributed by atoms with van der Waals surface area (Å²) in [6.45, 7) is 6.07. The Kier molecular flexibility index (Phi) is 5.56. The average molecular weight is 349 g/mol. The third kappa shape index (κ3) is 4.30. The normalized spacial score (nSPS) is 13.0. The van der Waals surface area contributed by atoms with Crippen molar-refractivity contribution in [2.75, 3.05) is 6.54 Å². The lowest BCUT2D eigenvalue weighted by Crippen LogP contribution is -2.39. The van der Waals surface area contributed by atoms with Crippen LogP contribution in [-0.2, 0) is 11.3 Å². The predicted octanol–water partition coefficient (Wildman–Crippen LogP) is 1.97. The smallest absolute Gasteiger partial charge is 0.262 e. The topological polar surface area (TPSA) is 87.1 Å². The molecule has 0 aliphatic heterocycles. The molecule has 130 valence electrons. The third-order valence-corrected chi connectivity index (χ3v) is 4.27. The molecule has 1 amide bonds. The largest absolute Gasteiger partial charge is 0.391 e. The number of H-pyrrole nitrogens is 1. The number of hydrogen-bond donors (Lipinski definition) is 3. The van der Waals surface area contributed by atoms with Crippen LogP contribution in [0, 0.1) is 10.2 Å². The van der Waals surface area contributed by atoms with Crippen molar-refractivity contribution in [1.82, 2.24) is 14.9 Å². The first-order valence-corrected chi connectivity index (χ1v) is 8.27. The molecule has 1 aromatic carbocycles. The van der Waals surface area contributed by atoms with Crippen molar-refractivity contribution in [3.05, 3.63) is 39.4 Å². The summed E-state index contributed by atoms with van der Waals surface area (Å²) in [6.07, 6.45) is -0.514. The molecule has 24 heavy (non-hydrogen) atoms. The molecule has 7 heteroatoms. The van der Waals surface area contributed by atoms with Gasteiger partial charge in [0, 0.05) is 19.5 Å². The average Bonchev–Trinajstić information content (AvgIpc) is 2.51. The molecule has 0 aliphatic carbocycles. The second-order valence-corrected chi connectivity index (χ2v) is 7.26. The molecule has 0 fully saturated rings. The number of aliphatic hydroxyl groups excluding tert-OH is 1. The summed E-state index contributed by atoms with van der Waals surface area (Å²) in [5.74, 6) is -0.229. The summed E-state index contributed by atoms with van der Waals surface area (Å²) >= 11 is 5.21. The van der Waals surface area contributed by atoms with Crippen LogP contribution < -0.4 is 10.9 Å². The van der Waals surface area contributed by atoms with E-state index in [-0.39, 0.29) is 36.4 Å². The fraction of sp³-hybridized carbons (Fsp3) is 0.471. The zero-order chi connectivity index (χ0) is 17.9. The molecule has 6 nitrogen and oxygen atoms in total. The van der Waals surface area contributed by atoms with E-state index < -0.39 is 6.10 Å². The van der Waals surface area contributed by atoms with Crippen molar-refractivity contribution in [1.29, 1.82) is 0 Å². The van der Waals surface area contributed by atoms with E-state index in [0.717, 1.165) is 0 Å². The van der Waals surface area contributed by atoms with E-state index in [4.69, 9.17) is 12.2 Å². The van der Waals surface area contributed by atoms with Gasteiger partial charge in [-0.1, -0.05) is 32.9 Å². The second kappa shape index (κ2) is 7.27. The van der Waals surface area contributed by atoms with E-state index in [9.17, 15) is 14.7 Å². The molecule has 0 unspecified atom stereocenters. The van der Waals surface area contributed by atoms with Crippen LogP contribution in [0.3, 0.4) is 0 Å². The van der Waals surface area contributed by atoms with Crippen molar-refractivity contribution in [2.45, 2.75) is 39.8 Å². The second-order valence-electron chi connectivity index (χ2n) is 6.87. The molecule has 0 saturated carbocycles. The van der Waals surface area contributed by atoms with E-state index in [1.807, 2.05) is 26.8 Å². The Bertz CT molecular complexity index is 849. The Hall–Kier alpha value is -1.99. The SMILES string of the molecule is CC(C)(C)[C@H](O)CNC(=O)CCn1c(=S)[nH]c2ccccc2c1=O. The van der Waals surface area contributed by atoms with Crippen molar-refractivity contribution in [2.24, 2.45) is 5.41 Å². The van der Waals surface area contributed by atoms with Gasteiger partial charge in [0.1, 0.15) is 0 Å². The number of amides is 1. The number of para-hydroxylation sites is 1. The molecular weight excluding hydrogens is 326 g/mol. The first-order valence-electron chi connectivity index (χ1n) is 7.87. The highest BCUT2D eigenvalue weighted by atomic mass is 32.1. The maximum Gasteiger partial charge on any atom is 0.262 e. The lowest BCUT2D eigenvalue weighted by molar-refractivity contribution is -0.122. The van der Waals surface area contributed by atoms with E-state index in [2.05, 4.69) is 10.3 Å². The molecule has 0 radical (unpaired) electrons. The Balaban J connectivity index is 2.05. The van der Waals surface area contributed by atoms with Crippen molar-refractivity contribution in [3.8, 4) is 0 Å². The van der Waals surface area contributed by atoms with Crippen LogP contribution in [0.15, 0.2) is 29.1 Å². The molecule has 0 aliphatic rings. The van der Waals surface area contributed by atoms with Crippen LogP contribution in [-0.4, -0.2) is 33.2 Å². The fourth-order valence-corrected chi connectivity index (χ4v) is 2.50. The number of nitrogens with one attached hydrogen (secondary N) is 2. The van der Waals surface area contributed by atoms with Gasteiger partial charge in [-0.2, -0.15) is 0 Å². The number of benzene rings is 1. The fourth-order valence-electron chi connectivity index (χ4n) is 2.22. The Morgan fingerprint density at radius 3 is 2.71 bits per heavy atom. The summed E-state index contributed by atoms with van der Waals surface area (Å²) in [5, 5.41) is 13.2. The summed E-state index contributed by atoms with van der Waals surface area (Å²) in [5.41, 5.74) is 0.170. The molecule has 1 aromatic heterocycles. The van der Waals surface area contributed by atoms with Gasteiger partial charge >= 0.3 is 0 Å². The van der Waals surface area contributed by atoms with Crippen LogP contribution in [0.4, 0.5) is 0 Å². The zero-order valence-corrected chi connectivity index (χ0v) is 14.9. The lowest BCUT2D eigenvalue weighted by Gasteiger charge is -2.25. The molecule has 3 N–H and O–H groups in total. The van der Waals surface area contributed by atoms with Gasteiger partial charge in [-0.15, -0.1) is 0 Å². The summed E-state index contributed by atoms with van der Waals surface area (Å²) < 4.78 is 1.68. The predicted molar refractivity (Wildman–Crippen MR) is 96.5 cm³/mol. The standard InChI is InChI=1S/C17H23N3O3S/c1-17(2,3)13(21)10-18-14(22)8-9-20-15(23)11-6-4-5-7-12(11)19-16(20)24/h4-7,13,21H,8-10H2,1-3H3,(H,18,22)(H,19,24)/t13-/m1/s1. The maximum atomic E-state index is 12.5. The van der Waals surface area contributed by atoms with Gasteiger partial charge in [0.2, 0.25) is 5.91 Å². The molecular formula is C17H23N3O3S. The van der Waals surface area contributed by atoms with Crippen LogP contribution in [0.25, 0.3) is 10.9 Å². The highest BCUT2D eigenvalue weighted by Crippen LogP contribution is 2.18. The summed E-state index contributed by atoms with van der Waals surface area (Å²) in [7, 11) is 0. The minimum atomic E-state index is -0.632. The first-order chi connectivity index (χ1) is 11.2. The van der Waals surface area contributed by atoms with Crippen molar-refractivity contribution >= 4 is 29.0 Å². The molecule has 2 aromatic rings. The molecule has 0 bridgehead atoms. The monoisotopic (exact) mass is 349 g/mol. The van der Waals surface area contributed by atoms with Crippen LogP contribution in [0.1, 0.15) is 27.2 Å². The number of aromatic nitrogens is 2. The Labute approximate surface area is 145 Å². The Morgan fingerprint density at radius 2 is 2.04 bits per heavy atom. The zero-order valence-electron chi connectivity index (χ0n) is 14.1. The van der Waals surface area contributed by atoms with Gasteiger partial charge in [0.05, 0.1) is 17.0 Å². The molecule has 0 spiro atoms. The number of fused-ring (bicyclic) bond motifs is 1.